The maximum absolute atomic E-state index is 9.61. The minimum absolute atomic E-state index is 0.144. The van der Waals surface area contributed by atoms with Crippen LogP contribution >= 0.6 is 23.4 Å². The first kappa shape index (κ1) is 19.6. The van der Waals surface area contributed by atoms with Gasteiger partial charge in [-0.15, -0.1) is 0 Å². The molecule has 1 unspecified atom stereocenters. The Morgan fingerprint density at radius 3 is 2.57 bits per heavy atom. The number of methoxy groups -OCH3 is 1. The van der Waals surface area contributed by atoms with Crippen molar-refractivity contribution in [2.45, 2.75) is 26.8 Å². The summed E-state index contributed by atoms with van der Waals surface area (Å²) in [6, 6.07) is 5.32. The Kier molecular flexibility index (Phi) is 10.5. The van der Waals surface area contributed by atoms with Gasteiger partial charge < -0.3 is 15.2 Å². The minimum atomic E-state index is 0.144. The van der Waals surface area contributed by atoms with E-state index in [1.54, 1.807) is 23.9 Å². The predicted molar refractivity (Wildman–Crippen MR) is 90.5 cm³/mol. The molecule has 0 aromatic heterocycles. The Bertz CT molecular complexity index is 470. The summed E-state index contributed by atoms with van der Waals surface area (Å²) in [6.45, 7) is 6.43. The van der Waals surface area contributed by atoms with Crippen molar-refractivity contribution in [1.82, 2.24) is 0 Å². The third kappa shape index (κ3) is 7.82. The second-order valence-electron chi connectivity index (χ2n) is 3.71. The van der Waals surface area contributed by atoms with Gasteiger partial charge >= 0.3 is 0 Å². The number of carbonyl (C=O) groups is 1. The van der Waals surface area contributed by atoms with E-state index in [1.165, 1.54) is 13.2 Å². The van der Waals surface area contributed by atoms with E-state index in [4.69, 9.17) is 16.4 Å². The van der Waals surface area contributed by atoms with E-state index in [-0.39, 0.29) is 5.75 Å². The number of amidine groups is 1. The molecule has 1 atom stereocenters. The highest BCUT2D eigenvalue weighted by molar-refractivity contribution is 8.14. The first-order chi connectivity index (χ1) is 10.1. The molecular formula is C14H21ClN2O3S. The van der Waals surface area contributed by atoms with Crippen molar-refractivity contribution in [3.63, 3.8) is 0 Å². The van der Waals surface area contributed by atoms with E-state index in [9.17, 15) is 5.11 Å². The fourth-order valence-electron chi connectivity index (χ4n) is 1.27. The molecule has 7 heteroatoms. The molecule has 0 amide bonds. The van der Waals surface area contributed by atoms with Crippen LogP contribution in [0.2, 0.25) is 5.02 Å². The molecule has 1 aliphatic rings. The van der Waals surface area contributed by atoms with Crippen molar-refractivity contribution >= 4 is 40.7 Å². The van der Waals surface area contributed by atoms with Gasteiger partial charge in [0, 0.05) is 16.8 Å². The third-order valence-corrected chi connectivity index (χ3v) is 3.46. The van der Waals surface area contributed by atoms with Gasteiger partial charge in [0.05, 0.1) is 18.8 Å². The molecule has 0 saturated carbocycles. The summed E-state index contributed by atoms with van der Waals surface area (Å²) in [7, 11) is 1.31. The van der Waals surface area contributed by atoms with E-state index < -0.39 is 0 Å². The Morgan fingerprint density at radius 1 is 1.52 bits per heavy atom. The van der Waals surface area contributed by atoms with Gasteiger partial charge in [-0.05, 0) is 19.1 Å². The van der Waals surface area contributed by atoms with Crippen molar-refractivity contribution in [3.05, 3.63) is 23.2 Å². The zero-order valence-electron chi connectivity index (χ0n) is 12.6. The van der Waals surface area contributed by atoms with Crippen LogP contribution in [0.5, 0.6) is 5.75 Å². The van der Waals surface area contributed by atoms with E-state index in [0.717, 1.165) is 10.9 Å². The van der Waals surface area contributed by atoms with Crippen LogP contribution in [0.3, 0.4) is 0 Å². The monoisotopic (exact) mass is 332 g/mol. The first-order valence-corrected chi connectivity index (χ1v) is 7.85. The van der Waals surface area contributed by atoms with Gasteiger partial charge in [0.25, 0.3) is 6.47 Å². The van der Waals surface area contributed by atoms with Crippen molar-refractivity contribution in [1.29, 1.82) is 0 Å². The van der Waals surface area contributed by atoms with Crippen LogP contribution in [0.4, 0.5) is 5.69 Å². The second kappa shape index (κ2) is 11.3. The zero-order valence-corrected chi connectivity index (χ0v) is 14.2. The van der Waals surface area contributed by atoms with Crippen LogP contribution in [0.15, 0.2) is 23.2 Å². The smallest absolute Gasteiger partial charge is 0.292 e. The molecule has 0 spiro atoms. The number of phenols is 1. The summed E-state index contributed by atoms with van der Waals surface area (Å²) in [6.07, 6.45) is 0. The van der Waals surface area contributed by atoms with Gasteiger partial charge in [-0.3, -0.25) is 9.79 Å². The molecule has 118 valence electrons. The van der Waals surface area contributed by atoms with Gasteiger partial charge in [-0.2, -0.15) is 0 Å². The molecule has 1 aromatic carbocycles. The fraction of sp³-hybridized carbons (Fsp3) is 0.429. The molecule has 0 radical (unpaired) electrons. The molecule has 21 heavy (non-hydrogen) atoms. The average Bonchev–Trinajstić information content (AvgIpc) is 2.90. The number of anilines is 1. The van der Waals surface area contributed by atoms with E-state index in [0.29, 0.717) is 23.2 Å². The largest absolute Gasteiger partial charge is 0.506 e. The number of halogens is 1. The number of nitrogens with one attached hydrogen (secondary N) is 1. The molecule has 0 fully saturated rings. The topological polar surface area (TPSA) is 70.9 Å². The lowest BCUT2D eigenvalue weighted by Gasteiger charge is -2.07. The third-order valence-electron chi connectivity index (χ3n) is 2.10. The van der Waals surface area contributed by atoms with Gasteiger partial charge in [0.15, 0.2) is 5.17 Å². The average molecular weight is 333 g/mol. The lowest BCUT2D eigenvalue weighted by molar-refractivity contribution is -0.126. The molecule has 1 aromatic rings. The number of nitrogens with zero attached hydrogens (tertiary/aromatic N) is 1. The Hall–Kier alpha value is -1.40. The number of aliphatic imine (C=N–C) groups is 1. The maximum atomic E-state index is 9.61. The second-order valence-corrected chi connectivity index (χ2v) is 5.16. The lowest BCUT2D eigenvalue weighted by Crippen LogP contribution is -2.04. The van der Waals surface area contributed by atoms with E-state index in [1.807, 2.05) is 13.8 Å². The van der Waals surface area contributed by atoms with E-state index in [2.05, 4.69) is 22.0 Å². The molecule has 5 nitrogen and oxygen atoms in total. The highest BCUT2D eigenvalue weighted by atomic mass is 35.5. The van der Waals surface area contributed by atoms with Gasteiger partial charge in [0.2, 0.25) is 0 Å². The molecule has 1 aliphatic heterocycles. The van der Waals surface area contributed by atoms with Crippen LogP contribution in [-0.4, -0.2) is 35.7 Å². The molecule has 0 bridgehead atoms. The quantitative estimate of drug-likeness (QED) is 0.637. The number of carbonyl (C=O) groups excluding carboxylic acids is 1. The van der Waals surface area contributed by atoms with Crippen molar-refractivity contribution in [2.75, 3.05) is 18.2 Å². The molecular weight excluding hydrogens is 312 g/mol. The molecule has 0 saturated heterocycles. The number of phenolic OH excluding ortho intramolecular Hbond substituents is 1. The number of benzene rings is 1. The van der Waals surface area contributed by atoms with Crippen LogP contribution in [0, 0.1) is 0 Å². The number of hydrogen-bond donors (Lipinski definition) is 2. The fourth-order valence-corrected chi connectivity index (χ4v) is 2.34. The summed E-state index contributed by atoms with van der Waals surface area (Å²) in [4.78, 5) is 13.3. The van der Waals surface area contributed by atoms with E-state index >= 15 is 0 Å². The van der Waals surface area contributed by atoms with Crippen molar-refractivity contribution in [2.24, 2.45) is 4.99 Å². The summed E-state index contributed by atoms with van der Waals surface area (Å²) < 4.78 is 3.86. The Labute approximate surface area is 134 Å². The summed E-state index contributed by atoms with van der Waals surface area (Å²) in [5.41, 5.74) is 0.639. The lowest BCUT2D eigenvalue weighted by atomic mass is 10.3. The number of ether oxygens (including phenoxy) is 1. The van der Waals surface area contributed by atoms with Crippen LogP contribution < -0.4 is 5.32 Å². The molecule has 2 N–H and O–H groups in total. The van der Waals surface area contributed by atoms with Crippen LogP contribution in [0.25, 0.3) is 0 Å². The number of thioether (sulfide) groups is 1. The molecule has 2 rings (SSSR count). The maximum Gasteiger partial charge on any atom is 0.292 e. The van der Waals surface area contributed by atoms with Gasteiger partial charge in [-0.25, -0.2) is 0 Å². The first-order valence-electron chi connectivity index (χ1n) is 6.49. The summed E-state index contributed by atoms with van der Waals surface area (Å²) >= 11 is 7.39. The standard InChI is InChI=1S/C10H11ClN2OS.C2H4O2.C2H6/c1-6-5-15-10(12-6)13-8-3-2-7(11)4-9(8)14;1-4-2-3;1-2/h2-4,6,14H,5H2,1H3,(H,12,13);2H,1H3;1-2H3. The Morgan fingerprint density at radius 2 is 2.14 bits per heavy atom. The minimum Gasteiger partial charge on any atom is -0.506 e. The number of rotatable bonds is 2. The van der Waals surface area contributed by atoms with Crippen LogP contribution in [0.1, 0.15) is 20.8 Å². The predicted octanol–water partition coefficient (Wildman–Crippen LogP) is 3.76. The van der Waals surface area contributed by atoms with Gasteiger partial charge in [0.1, 0.15) is 5.75 Å². The Balaban J connectivity index is 0.000000579. The highest BCUT2D eigenvalue weighted by Gasteiger charge is 2.14. The van der Waals surface area contributed by atoms with Crippen LogP contribution in [-0.2, 0) is 9.53 Å². The SMILES string of the molecule is CC.CC1CSC(Nc2ccc(Cl)cc2O)=N1.COC=O. The number of aromatic hydroxyl groups is 1. The van der Waals surface area contributed by atoms with Crippen molar-refractivity contribution in [3.8, 4) is 5.75 Å². The molecule has 0 aliphatic carbocycles. The summed E-state index contributed by atoms with van der Waals surface area (Å²) in [5, 5.41) is 14.0. The summed E-state index contributed by atoms with van der Waals surface area (Å²) in [5.74, 6) is 1.13. The zero-order chi connectivity index (χ0) is 16.3. The van der Waals surface area contributed by atoms with Crippen molar-refractivity contribution < 1.29 is 14.6 Å². The molecule has 1 heterocycles. The van der Waals surface area contributed by atoms with Gasteiger partial charge in [-0.1, -0.05) is 37.2 Å². The highest BCUT2D eigenvalue weighted by Crippen LogP contribution is 2.28. The number of hydrogen-bond acceptors (Lipinski definition) is 6. The normalized spacial score (nSPS) is 15.7.